The van der Waals surface area contributed by atoms with Gasteiger partial charge in [0.25, 0.3) is 0 Å². The van der Waals surface area contributed by atoms with Crippen LogP contribution in [0.5, 0.6) is 0 Å². The van der Waals surface area contributed by atoms with Crippen LogP contribution in [0.2, 0.25) is 5.02 Å². The number of hydrogen-bond donors (Lipinski definition) is 2. The van der Waals surface area contributed by atoms with Crippen molar-refractivity contribution in [3.8, 4) is 11.3 Å². The number of hydrogen-bond acceptors (Lipinski definition) is 4. The standard InChI is InChI=1S/C10H8ClFN4/c11-6-2-1-3-7(12)8(6)9-10(16-13)15-5-4-14-9/h1-5H,13H2,(H,15,16). The molecule has 0 saturated carbocycles. The first-order valence-corrected chi connectivity index (χ1v) is 4.84. The summed E-state index contributed by atoms with van der Waals surface area (Å²) in [6.07, 6.45) is 2.90. The number of anilines is 1. The van der Waals surface area contributed by atoms with Gasteiger partial charge in [0, 0.05) is 12.4 Å². The second-order valence-electron chi connectivity index (χ2n) is 2.99. The molecule has 2 aromatic rings. The van der Waals surface area contributed by atoms with E-state index in [1.54, 1.807) is 6.07 Å². The van der Waals surface area contributed by atoms with Crippen LogP contribution < -0.4 is 11.3 Å². The molecule has 0 radical (unpaired) electrons. The third-order valence-electron chi connectivity index (χ3n) is 2.03. The van der Waals surface area contributed by atoms with Crippen molar-refractivity contribution in [3.63, 3.8) is 0 Å². The average Bonchev–Trinajstić information content (AvgIpc) is 2.29. The number of nitrogens with zero attached hydrogens (tertiary/aromatic N) is 2. The van der Waals surface area contributed by atoms with Gasteiger partial charge < -0.3 is 5.43 Å². The van der Waals surface area contributed by atoms with Gasteiger partial charge in [0.1, 0.15) is 11.5 Å². The van der Waals surface area contributed by atoms with Crippen LogP contribution in [0.15, 0.2) is 30.6 Å². The zero-order valence-electron chi connectivity index (χ0n) is 8.11. The largest absolute Gasteiger partial charge is 0.307 e. The molecule has 6 heteroatoms. The van der Waals surface area contributed by atoms with Crippen LogP contribution in [0.25, 0.3) is 11.3 Å². The molecule has 0 spiro atoms. The van der Waals surface area contributed by atoms with E-state index in [4.69, 9.17) is 17.4 Å². The number of hydrazine groups is 1. The smallest absolute Gasteiger partial charge is 0.166 e. The van der Waals surface area contributed by atoms with E-state index in [1.807, 2.05) is 0 Å². The summed E-state index contributed by atoms with van der Waals surface area (Å²) in [5.41, 5.74) is 2.82. The lowest BCUT2D eigenvalue weighted by molar-refractivity contribution is 0.630. The van der Waals surface area contributed by atoms with E-state index in [0.29, 0.717) is 0 Å². The van der Waals surface area contributed by atoms with Gasteiger partial charge in [-0.3, -0.25) is 4.98 Å². The molecule has 0 bridgehead atoms. The van der Waals surface area contributed by atoms with Gasteiger partial charge in [-0.15, -0.1) is 0 Å². The topological polar surface area (TPSA) is 63.8 Å². The lowest BCUT2D eigenvalue weighted by Crippen LogP contribution is -2.10. The first kappa shape index (κ1) is 10.8. The van der Waals surface area contributed by atoms with E-state index in [2.05, 4.69) is 15.4 Å². The molecule has 3 N–H and O–H groups in total. The van der Waals surface area contributed by atoms with Crippen LogP contribution in [0.4, 0.5) is 10.2 Å². The Bertz CT molecular complexity index is 498. The third-order valence-corrected chi connectivity index (χ3v) is 2.35. The maximum Gasteiger partial charge on any atom is 0.166 e. The minimum atomic E-state index is -0.468. The van der Waals surface area contributed by atoms with E-state index in [-0.39, 0.29) is 22.1 Å². The first-order chi connectivity index (χ1) is 7.74. The summed E-state index contributed by atoms with van der Waals surface area (Å²) in [6.45, 7) is 0. The molecule has 0 aliphatic heterocycles. The van der Waals surface area contributed by atoms with Crippen molar-refractivity contribution in [1.82, 2.24) is 9.97 Å². The molecule has 1 aromatic heterocycles. The fourth-order valence-corrected chi connectivity index (χ4v) is 1.60. The third kappa shape index (κ3) is 1.82. The summed E-state index contributed by atoms with van der Waals surface area (Å²) in [5.74, 6) is 5.07. The van der Waals surface area contributed by atoms with Crippen molar-refractivity contribution >= 4 is 17.4 Å². The minimum Gasteiger partial charge on any atom is -0.307 e. The summed E-state index contributed by atoms with van der Waals surface area (Å²) < 4.78 is 13.6. The molecular weight excluding hydrogens is 231 g/mol. The maximum absolute atomic E-state index is 13.6. The van der Waals surface area contributed by atoms with Crippen molar-refractivity contribution in [2.45, 2.75) is 0 Å². The lowest BCUT2D eigenvalue weighted by Gasteiger charge is -2.08. The summed E-state index contributed by atoms with van der Waals surface area (Å²) in [5, 5.41) is 0.261. The highest BCUT2D eigenvalue weighted by Gasteiger charge is 2.14. The first-order valence-electron chi connectivity index (χ1n) is 4.46. The van der Waals surface area contributed by atoms with Crippen molar-refractivity contribution in [2.24, 2.45) is 5.84 Å². The second kappa shape index (κ2) is 4.42. The van der Waals surface area contributed by atoms with Gasteiger partial charge in [0.05, 0.1) is 10.6 Å². The molecule has 1 heterocycles. The van der Waals surface area contributed by atoms with Crippen LogP contribution in [-0.2, 0) is 0 Å². The quantitative estimate of drug-likeness (QED) is 0.622. The van der Waals surface area contributed by atoms with Gasteiger partial charge in [-0.05, 0) is 12.1 Å². The number of nitrogens with two attached hydrogens (primary N) is 1. The Morgan fingerprint density at radius 3 is 2.69 bits per heavy atom. The Hall–Kier alpha value is -1.72. The molecule has 2 rings (SSSR count). The Balaban J connectivity index is 2.67. The molecule has 0 aliphatic rings. The molecule has 0 atom stereocenters. The monoisotopic (exact) mass is 238 g/mol. The van der Waals surface area contributed by atoms with Gasteiger partial charge >= 0.3 is 0 Å². The number of rotatable bonds is 2. The molecule has 82 valence electrons. The number of nitrogen functional groups attached to an aromatic ring is 1. The summed E-state index contributed by atoms with van der Waals surface area (Å²) in [7, 11) is 0. The average molecular weight is 239 g/mol. The highest BCUT2D eigenvalue weighted by atomic mass is 35.5. The predicted molar refractivity (Wildman–Crippen MR) is 60.2 cm³/mol. The summed E-state index contributed by atoms with van der Waals surface area (Å²) >= 11 is 5.92. The fraction of sp³-hybridized carbons (Fsp3) is 0. The van der Waals surface area contributed by atoms with E-state index in [0.717, 1.165) is 0 Å². The van der Waals surface area contributed by atoms with E-state index in [9.17, 15) is 4.39 Å². The fourth-order valence-electron chi connectivity index (χ4n) is 1.35. The highest BCUT2D eigenvalue weighted by Crippen LogP contribution is 2.32. The van der Waals surface area contributed by atoms with E-state index < -0.39 is 5.82 Å². The molecule has 0 saturated heterocycles. The Kier molecular flexibility index (Phi) is 2.98. The normalized spacial score (nSPS) is 10.2. The SMILES string of the molecule is NNc1nccnc1-c1c(F)cccc1Cl. The Morgan fingerprint density at radius 2 is 2.00 bits per heavy atom. The van der Waals surface area contributed by atoms with Crippen molar-refractivity contribution in [1.29, 1.82) is 0 Å². The molecule has 0 aliphatic carbocycles. The van der Waals surface area contributed by atoms with Crippen molar-refractivity contribution < 1.29 is 4.39 Å². The summed E-state index contributed by atoms with van der Waals surface area (Å²) in [6, 6.07) is 4.40. The molecule has 1 aromatic carbocycles. The van der Waals surface area contributed by atoms with Gasteiger partial charge in [-0.2, -0.15) is 0 Å². The van der Waals surface area contributed by atoms with E-state index >= 15 is 0 Å². The minimum absolute atomic E-state index is 0.185. The molecule has 16 heavy (non-hydrogen) atoms. The molecule has 0 fully saturated rings. The van der Waals surface area contributed by atoms with Crippen LogP contribution in [-0.4, -0.2) is 9.97 Å². The van der Waals surface area contributed by atoms with Gasteiger partial charge in [-0.25, -0.2) is 15.2 Å². The van der Waals surface area contributed by atoms with Gasteiger partial charge in [0.2, 0.25) is 0 Å². The van der Waals surface area contributed by atoms with Crippen LogP contribution in [0, 0.1) is 5.82 Å². The molecular formula is C10H8ClFN4. The van der Waals surface area contributed by atoms with Crippen LogP contribution >= 0.6 is 11.6 Å². The van der Waals surface area contributed by atoms with E-state index in [1.165, 1.54) is 24.5 Å². The number of halogens is 2. The number of benzene rings is 1. The highest BCUT2D eigenvalue weighted by molar-refractivity contribution is 6.33. The van der Waals surface area contributed by atoms with Crippen molar-refractivity contribution in [3.05, 3.63) is 41.4 Å². The Labute approximate surface area is 96.3 Å². The maximum atomic E-state index is 13.6. The van der Waals surface area contributed by atoms with Crippen LogP contribution in [0.1, 0.15) is 0 Å². The zero-order chi connectivity index (χ0) is 11.5. The van der Waals surface area contributed by atoms with Crippen LogP contribution in [0.3, 0.4) is 0 Å². The Morgan fingerprint density at radius 1 is 1.25 bits per heavy atom. The summed E-state index contributed by atoms with van der Waals surface area (Å²) in [4.78, 5) is 7.94. The zero-order valence-corrected chi connectivity index (χ0v) is 8.87. The van der Waals surface area contributed by atoms with Gasteiger partial charge in [-0.1, -0.05) is 17.7 Å². The van der Waals surface area contributed by atoms with Gasteiger partial charge in [0.15, 0.2) is 5.82 Å². The molecule has 4 nitrogen and oxygen atoms in total. The number of aromatic nitrogens is 2. The molecule has 0 unspecified atom stereocenters. The lowest BCUT2D eigenvalue weighted by atomic mass is 10.1. The number of nitrogens with one attached hydrogen (secondary N) is 1. The second-order valence-corrected chi connectivity index (χ2v) is 3.40. The predicted octanol–water partition coefficient (Wildman–Crippen LogP) is 2.22. The van der Waals surface area contributed by atoms with Crippen molar-refractivity contribution in [2.75, 3.05) is 5.43 Å². The molecule has 0 amide bonds.